The molecule has 3 aromatic rings. The predicted octanol–water partition coefficient (Wildman–Crippen LogP) is 3.40. The summed E-state index contributed by atoms with van der Waals surface area (Å²) in [5.74, 6) is -0.447. The van der Waals surface area contributed by atoms with Gasteiger partial charge in [0.25, 0.3) is 5.56 Å². The van der Waals surface area contributed by atoms with E-state index in [0.29, 0.717) is 43.7 Å². The van der Waals surface area contributed by atoms with Crippen molar-refractivity contribution in [1.29, 1.82) is 0 Å². The van der Waals surface area contributed by atoms with Crippen LogP contribution in [0, 0.1) is 0 Å². The zero-order chi connectivity index (χ0) is 28.1. The molecule has 1 atom stereocenters. The van der Waals surface area contributed by atoms with Gasteiger partial charge in [-0.25, -0.2) is 14.6 Å². The Hall–Kier alpha value is -3.89. The monoisotopic (exact) mass is 570 g/mol. The minimum Gasteiger partial charge on any atom is -0.490 e. The summed E-state index contributed by atoms with van der Waals surface area (Å²) < 4.78 is 23.3. The van der Waals surface area contributed by atoms with Gasteiger partial charge in [-0.3, -0.25) is 9.36 Å². The van der Waals surface area contributed by atoms with Gasteiger partial charge in [-0.1, -0.05) is 41.1 Å². The van der Waals surface area contributed by atoms with Gasteiger partial charge in [-0.15, -0.1) is 0 Å². The van der Waals surface area contributed by atoms with Crippen molar-refractivity contribution < 1.29 is 28.5 Å². The number of hydrogen-bond donors (Lipinski definition) is 0. The summed E-state index contributed by atoms with van der Waals surface area (Å²) in [7, 11) is 1.27. The van der Waals surface area contributed by atoms with Crippen LogP contribution in [0.4, 0.5) is 0 Å². The number of rotatable bonds is 9. The average Bonchev–Trinajstić information content (AvgIpc) is 3.22. The first-order valence-electron chi connectivity index (χ1n) is 12.2. The molecule has 0 saturated heterocycles. The second-order valence-corrected chi connectivity index (χ2v) is 9.80. The Morgan fingerprint density at radius 2 is 1.82 bits per heavy atom. The summed E-state index contributed by atoms with van der Waals surface area (Å²) in [6.07, 6.45) is 1.76. The highest BCUT2D eigenvalue weighted by Gasteiger charge is 2.34. The van der Waals surface area contributed by atoms with Crippen LogP contribution in [0.1, 0.15) is 37.9 Å². The lowest BCUT2D eigenvalue weighted by atomic mass is 9.95. The second kappa shape index (κ2) is 12.3. The molecule has 39 heavy (non-hydrogen) atoms. The van der Waals surface area contributed by atoms with Gasteiger partial charge in [0.15, 0.2) is 22.9 Å². The maximum Gasteiger partial charge on any atom is 0.343 e. The number of aromatic nitrogens is 1. The summed E-state index contributed by atoms with van der Waals surface area (Å²) in [6, 6.07) is 11.3. The highest BCUT2D eigenvalue weighted by Crippen LogP contribution is 2.36. The fourth-order valence-electron chi connectivity index (χ4n) is 4.10. The van der Waals surface area contributed by atoms with Crippen molar-refractivity contribution in [2.24, 2.45) is 4.99 Å². The number of halogens is 1. The van der Waals surface area contributed by atoms with Crippen LogP contribution in [0.15, 0.2) is 63.5 Å². The smallest absolute Gasteiger partial charge is 0.343 e. The molecule has 1 aliphatic rings. The lowest BCUT2D eigenvalue weighted by Gasteiger charge is -2.25. The fraction of sp³-hybridized carbons (Fsp3) is 0.286. The Morgan fingerprint density at radius 1 is 1.08 bits per heavy atom. The van der Waals surface area contributed by atoms with Crippen molar-refractivity contribution in [2.75, 3.05) is 26.9 Å². The van der Waals surface area contributed by atoms with E-state index in [0.717, 1.165) is 5.56 Å². The van der Waals surface area contributed by atoms with E-state index in [4.69, 9.17) is 25.8 Å². The quantitative estimate of drug-likeness (QED) is 0.363. The summed E-state index contributed by atoms with van der Waals surface area (Å²) in [6.45, 7) is 5.42. The fourth-order valence-corrected chi connectivity index (χ4v) is 5.27. The molecule has 0 bridgehead atoms. The SMILES string of the molecule is CCOC(=O)C1=C(C)N=c2s/c(=C\c3ccc(Cl)cc3)c(=O)n2[C@@H]1c1ccc(OCC(=O)OC)c(OCC)c1. The van der Waals surface area contributed by atoms with Crippen LogP contribution in [-0.4, -0.2) is 43.4 Å². The van der Waals surface area contributed by atoms with Crippen molar-refractivity contribution in [3.05, 3.63) is 89.6 Å². The lowest BCUT2D eigenvalue weighted by Crippen LogP contribution is -2.40. The van der Waals surface area contributed by atoms with Crippen LogP contribution in [0.25, 0.3) is 6.08 Å². The largest absolute Gasteiger partial charge is 0.490 e. The topological polar surface area (TPSA) is 105 Å². The van der Waals surface area contributed by atoms with Gasteiger partial charge in [-0.05, 0) is 62.2 Å². The molecule has 0 aliphatic carbocycles. The number of allylic oxidation sites excluding steroid dienone is 1. The van der Waals surface area contributed by atoms with E-state index >= 15 is 0 Å². The number of hydrogen-bond acceptors (Lipinski definition) is 9. The third-order valence-corrected chi connectivity index (χ3v) is 7.08. The number of ether oxygens (including phenoxy) is 4. The van der Waals surface area contributed by atoms with Crippen molar-refractivity contribution in [1.82, 2.24) is 4.57 Å². The maximum absolute atomic E-state index is 13.8. The molecule has 0 saturated carbocycles. The summed E-state index contributed by atoms with van der Waals surface area (Å²) in [5, 5.41) is 0.590. The number of nitrogens with zero attached hydrogens (tertiary/aromatic N) is 2. The number of esters is 2. The number of fused-ring (bicyclic) bond motifs is 1. The van der Waals surface area contributed by atoms with E-state index in [9.17, 15) is 14.4 Å². The van der Waals surface area contributed by atoms with Crippen LogP contribution in [0.2, 0.25) is 5.02 Å². The van der Waals surface area contributed by atoms with Gasteiger partial charge in [0, 0.05) is 5.02 Å². The zero-order valence-electron chi connectivity index (χ0n) is 21.9. The number of carbonyl (C=O) groups excluding carboxylic acids is 2. The molecule has 4 rings (SSSR count). The normalized spacial score (nSPS) is 14.9. The Labute approximate surface area is 233 Å². The van der Waals surface area contributed by atoms with Crippen molar-refractivity contribution in [3.8, 4) is 11.5 Å². The Kier molecular flexibility index (Phi) is 8.88. The molecule has 0 fully saturated rings. The Bertz CT molecular complexity index is 1610. The molecular formula is C28H27ClN2O7S. The molecule has 0 N–H and O–H groups in total. The highest BCUT2D eigenvalue weighted by atomic mass is 35.5. The van der Waals surface area contributed by atoms with Gasteiger partial charge in [0.2, 0.25) is 0 Å². The van der Waals surface area contributed by atoms with Crippen molar-refractivity contribution in [3.63, 3.8) is 0 Å². The molecule has 0 amide bonds. The highest BCUT2D eigenvalue weighted by molar-refractivity contribution is 7.07. The van der Waals surface area contributed by atoms with Crippen LogP contribution >= 0.6 is 22.9 Å². The first-order chi connectivity index (χ1) is 18.8. The van der Waals surface area contributed by atoms with Crippen molar-refractivity contribution in [2.45, 2.75) is 26.8 Å². The van der Waals surface area contributed by atoms with E-state index in [1.54, 1.807) is 50.3 Å². The van der Waals surface area contributed by atoms with Crippen LogP contribution in [-0.2, 0) is 19.1 Å². The molecule has 11 heteroatoms. The minimum absolute atomic E-state index is 0.161. The number of methoxy groups -OCH3 is 1. The van der Waals surface area contributed by atoms with Gasteiger partial charge in [0.1, 0.15) is 0 Å². The maximum atomic E-state index is 13.8. The van der Waals surface area contributed by atoms with E-state index in [-0.39, 0.29) is 24.3 Å². The first-order valence-corrected chi connectivity index (χ1v) is 13.4. The Balaban J connectivity index is 1.89. The molecular weight excluding hydrogens is 544 g/mol. The molecule has 2 heterocycles. The van der Waals surface area contributed by atoms with Gasteiger partial charge in [-0.2, -0.15) is 0 Å². The van der Waals surface area contributed by atoms with Crippen LogP contribution in [0.5, 0.6) is 11.5 Å². The third-order valence-electron chi connectivity index (χ3n) is 5.84. The predicted molar refractivity (Wildman–Crippen MR) is 147 cm³/mol. The van der Waals surface area contributed by atoms with E-state index in [2.05, 4.69) is 9.73 Å². The molecule has 2 aromatic carbocycles. The summed E-state index contributed by atoms with van der Waals surface area (Å²) in [4.78, 5) is 43.6. The van der Waals surface area contributed by atoms with E-state index in [1.807, 2.05) is 19.1 Å². The summed E-state index contributed by atoms with van der Waals surface area (Å²) in [5.41, 5.74) is 1.76. The molecule has 204 valence electrons. The number of benzene rings is 2. The molecule has 1 aliphatic heterocycles. The molecule has 1 aromatic heterocycles. The van der Waals surface area contributed by atoms with Gasteiger partial charge >= 0.3 is 11.9 Å². The third kappa shape index (κ3) is 6.07. The first kappa shape index (κ1) is 28.1. The van der Waals surface area contributed by atoms with Crippen LogP contribution < -0.4 is 24.4 Å². The molecule has 0 radical (unpaired) electrons. The van der Waals surface area contributed by atoms with Gasteiger partial charge < -0.3 is 18.9 Å². The minimum atomic E-state index is -0.832. The number of carbonyl (C=O) groups is 2. The zero-order valence-corrected chi connectivity index (χ0v) is 23.4. The molecule has 9 nitrogen and oxygen atoms in total. The molecule has 0 unspecified atom stereocenters. The van der Waals surface area contributed by atoms with E-state index < -0.39 is 18.0 Å². The standard InChI is InChI=1S/C28H27ClN2O7S/c1-5-36-21-14-18(9-12-20(21)38-15-23(32)35-4)25-24(27(34)37-6-2)16(3)30-28-31(25)26(33)22(39-28)13-17-7-10-19(29)11-8-17/h7-14,25H,5-6,15H2,1-4H3/b22-13-/t25-/m1/s1. The van der Waals surface area contributed by atoms with Crippen molar-refractivity contribution >= 4 is 41.0 Å². The second-order valence-electron chi connectivity index (χ2n) is 8.36. The van der Waals surface area contributed by atoms with Crippen LogP contribution in [0.3, 0.4) is 0 Å². The lowest BCUT2D eigenvalue weighted by molar-refractivity contribution is -0.143. The van der Waals surface area contributed by atoms with Gasteiger partial charge in [0.05, 0.1) is 42.2 Å². The summed E-state index contributed by atoms with van der Waals surface area (Å²) >= 11 is 7.23. The van der Waals surface area contributed by atoms with E-state index in [1.165, 1.54) is 23.0 Å². The average molecular weight is 571 g/mol. The number of thiazole rings is 1. The molecule has 0 spiro atoms. The Morgan fingerprint density at radius 3 is 2.49 bits per heavy atom.